The van der Waals surface area contributed by atoms with Crippen LogP contribution >= 0.6 is 11.3 Å². The first kappa shape index (κ1) is 13.2. The lowest BCUT2D eigenvalue weighted by molar-refractivity contribution is 0.259. The summed E-state index contributed by atoms with van der Waals surface area (Å²) in [4.78, 5) is 6.44. The predicted molar refractivity (Wildman–Crippen MR) is 71.0 cm³/mol. The van der Waals surface area contributed by atoms with Gasteiger partial charge in [0.25, 0.3) is 0 Å². The van der Waals surface area contributed by atoms with E-state index in [1.807, 2.05) is 20.9 Å². The van der Waals surface area contributed by atoms with Crippen LogP contribution in [0.4, 0.5) is 0 Å². The van der Waals surface area contributed by atoms with E-state index in [9.17, 15) is 0 Å². The first-order valence-electron chi connectivity index (χ1n) is 5.77. The highest BCUT2D eigenvalue weighted by Crippen LogP contribution is 2.14. The summed E-state index contributed by atoms with van der Waals surface area (Å²) in [6.07, 6.45) is 0. The molecule has 0 saturated carbocycles. The first-order valence-corrected chi connectivity index (χ1v) is 6.71. The van der Waals surface area contributed by atoms with Gasteiger partial charge in [0.1, 0.15) is 0 Å². The molecule has 98 valence electrons. The topological polar surface area (TPSA) is 68.2 Å². The molecule has 5 nitrogen and oxygen atoms in total. The Balaban J connectivity index is 1.95. The van der Waals surface area contributed by atoms with Gasteiger partial charge < -0.3 is 10.3 Å². The van der Waals surface area contributed by atoms with Gasteiger partial charge in [-0.25, -0.2) is 0 Å². The molecule has 0 radical (unpaired) electrons. The van der Waals surface area contributed by atoms with Crippen molar-refractivity contribution in [2.75, 3.05) is 7.05 Å². The summed E-state index contributed by atoms with van der Waals surface area (Å²) in [5, 5.41) is 8.11. The molecule has 0 bridgehead atoms. The largest absolute Gasteiger partial charge is 0.338 e. The summed E-state index contributed by atoms with van der Waals surface area (Å²) in [5.41, 5.74) is 6.64. The van der Waals surface area contributed by atoms with Gasteiger partial charge in [0.15, 0.2) is 5.82 Å². The molecule has 18 heavy (non-hydrogen) atoms. The van der Waals surface area contributed by atoms with Crippen LogP contribution in [-0.2, 0) is 18.6 Å². The third kappa shape index (κ3) is 3.38. The maximum absolute atomic E-state index is 5.91. The second kappa shape index (κ2) is 5.17. The number of hydrogen-bond donors (Lipinski definition) is 1. The SMILES string of the molecule is CN(Cc1ccsc1)Cc1nc(C(C)(C)N)no1. The Labute approximate surface area is 111 Å². The smallest absolute Gasteiger partial charge is 0.240 e. The Morgan fingerprint density at radius 1 is 1.44 bits per heavy atom. The Morgan fingerprint density at radius 2 is 2.22 bits per heavy atom. The second-order valence-corrected chi connectivity index (χ2v) is 5.82. The third-order valence-electron chi connectivity index (χ3n) is 2.48. The standard InChI is InChI=1S/C12H18N4OS/c1-12(2,13)11-14-10(17-15-11)7-16(3)6-9-4-5-18-8-9/h4-5,8H,6-7,13H2,1-3H3. The van der Waals surface area contributed by atoms with Gasteiger partial charge in [-0.1, -0.05) is 5.16 Å². The fraction of sp³-hybridized carbons (Fsp3) is 0.500. The van der Waals surface area contributed by atoms with Crippen LogP contribution in [-0.4, -0.2) is 22.1 Å². The van der Waals surface area contributed by atoms with E-state index in [0.717, 1.165) is 6.54 Å². The van der Waals surface area contributed by atoms with Crippen LogP contribution < -0.4 is 5.73 Å². The van der Waals surface area contributed by atoms with E-state index in [-0.39, 0.29) is 0 Å². The average Bonchev–Trinajstić information content (AvgIpc) is 2.87. The number of aromatic nitrogens is 2. The maximum atomic E-state index is 5.91. The Hall–Kier alpha value is -1.24. The molecule has 0 unspecified atom stereocenters. The van der Waals surface area contributed by atoms with Gasteiger partial charge in [0, 0.05) is 6.54 Å². The van der Waals surface area contributed by atoms with E-state index in [2.05, 4.69) is 31.9 Å². The summed E-state index contributed by atoms with van der Waals surface area (Å²) in [6.45, 7) is 5.21. The highest BCUT2D eigenvalue weighted by molar-refractivity contribution is 7.07. The lowest BCUT2D eigenvalue weighted by Gasteiger charge is -2.13. The molecule has 0 aliphatic carbocycles. The number of nitrogens with zero attached hydrogens (tertiary/aromatic N) is 3. The van der Waals surface area contributed by atoms with Gasteiger partial charge in [-0.2, -0.15) is 16.3 Å². The van der Waals surface area contributed by atoms with Gasteiger partial charge in [-0.05, 0) is 43.3 Å². The zero-order valence-electron chi connectivity index (χ0n) is 10.9. The fourth-order valence-corrected chi connectivity index (χ4v) is 2.22. The van der Waals surface area contributed by atoms with E-state index < -0.39 is 5.54 Å². The van der Waals surface area contributed by atoms with Gasteiger partial charge in [0.2, 0.25) is 5.89 Å². The molecule has 0 spiro atoms. The monoisotopic (exact) mass is 266 g/mol. The molecule has 2 N–H and O–H groups in total. The molecule has 0 atom stereocenters. The fourth-order valence-electron chi connectivity index (χ4n) is 1.56. The van der Waals surface area contributed by atoms with Crippen molar-refractivity contribution in [3.05, 3.63) is 34.1 Å². The molecule has 0 aromatic carbocycles. The zero-order valence-corrected chi connectivity index (χ0v) is 11.7. The maximum Gasteiger partial charge on any atom is 0.240 e. The minimum absolute atomic E-state index is 0.543. The summed E-state index contributed by atoms with van der Waals surface area (Å²) in [5.74, 6) is 1.14. The van der Waals surface area contributed by atoms with Crippen LogP contribution in [0.2, 0.25) is 0 Å². The molecule has 2 rings (SSSR count). The summed E-state index contributed by atoms with van der Waals surface area (Å²) < 4.78 is 5.20. The van der Waals surface area contributed by atoms with Crippen molar-refractivity contribution in [2.24, 2.45) is 5.73 Å². The lowest BCUT2D eigenvalue weighted by atomic mass is 10.1. The van der Waals surface area contributed by atoms with Gasteiger partial charge in [-0.15, -0.1) is 0 Å². The van der Waals surface area contributed by atoms with Crippen molar-refractivity contribution in [2.45, 2.75) is 32.5 Å². The number of nitrogens with two attached hydrogens (primary N) is 1. The van der Waals surface area contributed by atoms with E-state index in [4.69, 9.17) is 10.3 Å². The van der Waals surface area contributed by atoms with E-state index >= 15 is 0 Å². The minimum atomic E-state index is -0.562. The van der Waals surface area contributed by atoms with Crippen LogP contribution in [0.25, 0.3) is 0 Å². The van der Waals surface area contributed by atoms with Crippen LogP contribution in [0.15, 0.2) is 21.3 Å². The van der Waals surface area contributed by atoms with Crippen LogP contribution in [0.5, 0.6) is 0 Å². The highest BCUT2D eigenvalue weighted by atomic mass is 32.1. The number of rotatable bonds is 5. The molecule has 2 aromatic rings. The number of hydrogen-bond acceptors (Lipinski definition) is 6. The Bertz CT molecular complexity index is 486. The summed E-state index contributed by atoms with van der Waals surface area (Å²) in [7, 11) is 2.02. The molecule has 0 saturated heterocycles. The van der Waals surface area contributed by atoms with Crippen molar-refractivity contribution in [3.8, 4) is 0 Å². The van der Waals surface area contributed by atoms with Crippen LogP contribution in [0.1, 0.15) is 31.1 Å². The van der Waals surface area contributed by atoms with Crippen molar-refractivity contribution in [1.29, 1.82) is 0 Å². The molecule has 0 fully saturated rings. The van der Waals surface area contributed by atoms with Gasteiger partial charge in [-0.3, -0.25) is 4.90 Å². The Kier molecular flexibility index (Phi) is 3.79. The lowest BCUT2D eigenvalue weighted by Crippen LogP contribution is -2.30. The van der Waals surface area contributed by atoms with Gasteiger partial charge >= 0.3 is 0 Å². The zero-order chi connectivity index (χ0) is 13.2. The van der Waals surface area contributed by atoms with Crippen LogP contribution in [0, 0.1) is 0 Å². The van der Waals surface area contributed by atoms with E-state index in [1.54, 1.807) is 11.3 Å². The van der Waals surface area contributed by atoms with Crippen LogP contribution in [0.3, 0.4) is 0 Å². The normalized spacial score (nSPS) is 12.3. The van der Waals surface area contributed by atoms with Crippen molar-refractivity contribution in [3.63, 3.8) is 0 Å². The molecular formula is C12H18N4OS. The minimum Gasteiger partial charge on any atom is -0.338 e. The molecule has 0 aliphatic rings. The van der Waals surface area contributed by atoms with Gasteiger partial charge in [0.05, 0.1) is 12.1 Å². The van der Waals surface area contributed by atoms with Crippen molar-refractivity contribution >= 4 is 11.3 Å². The number of thiophene rings is 1. The van der Waals surface area contributed by atoms with E-state index in [1.165, 1.54) is 5.56 Å². The third-order valence-corrected chi connectivity index (χ3v) is 3.21. The quantitative estimate of drug-likeness (QED) is 0.896. The molecule has 2 heterocycles. The second-order valence-electron chi connectivity index (χ2n) is 5.04. The molecular weight excluding hydrogens is 248 g/mol. The summed E-state index contributed by atoms with van der Waals surface area (Å²) in [6, 6.07) is 2.11. The predicted octanol–water partition coefficient (Wildman–Crippen LogP) is 1.96. The highest BCUT2D eigenvalue weighted by Gasteiger charge is 2.21. The van der Waals surface area contributed by atoms with Crippen molar-refractivity contribution in [1.82, 2.24) is 15.0 Å². The van der Waals surface area contributed by atoms with Crippen molar-refractivity contribution < 1.29 is 4.52 Å². The first-order chi connectivity index (χ1) is 8.45. The molecule has 0 aliphatic heterocycles. The average molecular weight is 266 g/mol. The summed E-state index contributed by atoms with van der Waals surface area (Å²) >= 11 is 1.70. The molecule has 0 amide bonds. The Morgan fingerprint density at radius 3 is 2.78 bits per heavy atom. The molecule has 2 aromatic heterocycles. The van der Waals surface area contributed by atoms with E-state index in [0.29, 0.717) is 18.3 Å². The molecule has 6 heteroatoms.